The van der Waals surface area contributed by atoms with E-state index in [9.17, 15) is 10.1 Å². The van der Waals surface area contributed by atoms with Crippen LogP contribution in [0, 0.1) is 10.1 Å². The molecule has 0 heterocycles. The third-order valence-electron chi connectivity index (χ3n) is 3.23. The van der Waals surface area contributed by atoms with Crippen LogP contribution in [0.5, 0.6) is 23.0 Å². The van der Waals surface area contributed by atoms with Gasteiger partial charge < -0.3 is 18.9 Å². The molecule has 7 nitrogen and oxygen atoms in total. The molecule has 0 saturated heterocycles. The van der Waals surface area contributed by atoms with Crippen molar-refractivity contribution in [1.29, 1.82) is 0 Å². The Bertz CT molecular complexity index is 671. The lowest BCUT2D eigenvalue weighted by Crippen LogP contribution is -2.05. The van der Waals surface area contributed by atoms with E-state index in [1.807, 2.05) is 24.3 Å². The van der Waals surface area contributed by atoms with Crippen LogP contribution in [0.25, 0.3) is 0 Å². The predicted octanol–water partition coefficient (Wildman–Crippen LogP) is 3.46. The number of nitrogens with zero attached hydrogens (tertiary/aromatic N) is 1. The fourth-order valence-electron chi connectivity index (χ4n) is 1.99. The lowest BCUT2D eigenvalue weighted by molar-refractivity contribution is -0.385. The number of hydrogen-bond donors (Lipinski definition) is 0. The molecule has 0 bridgehead atoms. The quantitative estimate of drug-likeness (QED) is 0.397. The average Bonchev–Trinajstić information content (AvgIpc) is 2.61. The summed E-state index contributed by atoms with van der Waals surface area (Å²) in [6.45, 7) is 0.895. The fourth-order valence-corrected chi connectivity index (χ4v) is 1.99. The standard InChI is InChI=1S/C17H19NO6/c1-21-14-5-7-15(8-6-14)23-10-3-11-24-16-9-4-13(18(19)20)12-17(16)22-2/h4-9,12H,3,10-11H2,1-2H3. The van der Waals surface area contributed by atoms with Crippen molar-refractivity contribution < 1.29 is 23.9 Å². The Balaban J connectivity index is 1.78. The minimum absolute atomic E-state index is 0.0398. The van der Waals surface area contributed by atoms with Gasteiger partial charge in [0.25, 0.3) is 5.69 Å². The number of non-ortho nitro benzene ring substituents is 1. The first-order valence-electron chi connectivity index (χ1n) is 7.36. The van der Waals surface area contributed by atoms with Crippen LogP contribution in [0.3, 0.4) is 0 Å². The van der Waals surface area contributed by atoms with Crippen molar-refractivity contribution in [3.63, 3.8) is 0 Å². The zero-order chi connectivity index (χ0) is 17.4. The zero-order valence-electron chi connectivity index (χ0n) is 13.6. The van der Waals surface area contributed by atoms with Gasteiger partial charge in [0, 0.05) is 12.5 Å². The first-order valence-corrected chi connectivity index (χ1v) is 7.36. The Hall–Kier alpha value is -2.96. The van der Waals surface area contributed by atoms with Gasteiger partial charge in [0.1, 0.15) is 11.5 Å². The summed E-state index contributed by atoms with van der Waals surface area (Å²) in [4.78, 5) is 10.3. The molecular weight excluding hydrogens is 314 g/mol. The lowest BCUT2D eigenvalue weighted by Gasteiger charge is -2.11. The summed E-state index contributed by atoms with van der Waals surface area (Å²) < 4.78 is 21.4. The van der Waals surface area contributed by atoms with Crippen molar-refractivity contribution in [3.05, 3.63) is 52.6 Å². The number of ether oxygens (including phenoxy) is 4. The number of nitro benzene ring substituents is 1. The van der Waals surface area contributed by atoms with Gasteiger partial charge in [-0.15, -0.1) is 0 Å². The molecule has 128 valence electrons. The molecule has 0 aliphatic carbocycles. The molecule has 0 aliphatic heterocycles. The Kier molecular flexibility index (Phi) is 6.24. The molecule has 2 aromatic carbocycles. The maximum atomic E-state index is 10.7. The molecule has 0 aromatic heterocycles. The van der Waals surface area contributed by atoms with Crippen LogP contribution in [-0.2, 0) is 0 Å². The topological polar surface area (TPSA) is 80.1 Å². The first kappa shape index (κ1) is 17.4. The van der Waals surface area contributed by atoms with Gasteiger partial charge in [0.15, 0.2) is 11.5 Å². The van der Waals surface area contributed by atoms with E-state index in [2.05, 4.69) is 0 Å². The van der Waals surface area contributed by atoms with E-state index in [0.29, 0.717) is 31.1 Å². The molecule has 0 aliphatic rings. The van der Waals surface area contributed by atoms with Crippen molar-refractivity contribution in [2.75, 3.05) is 27.4 Å². The van der Waals surface area contributed by atoms with Crippen LogP contribution in [0.2, 0.25) is 0 Å². The Morgan fingerprint density at radius 2 is 1.54 bits per heavy atom. The highest BCUT2D eigenvalue weighted by Gasteiger charge is 2.12. The Morgan fingerprint density at radius 3 is 2.17 bits per heavy atom. The molecule has 0 atom stereocenters. The third kappa shape index (κ3) is 4.77. The molecule has 2 aromatic rings. The molecule has 7 heteroatoms. The molecule has 0 saturated carbocycles. The Morgan fingerprint density at radius 1 is 0.875 bits per heavy atom. The largest absolute Gasteiger partial charge is 0.497 e. The normalized spacial score (nSPS) is 10.1. The van der Waals surface area contributed by atoms with E-state index in [4.69, 9.17) is 18.9 Å². The van der Waals surface area contributed by atoms with Crippen LogP contribution >= 0.6 is 0 Å². The second-order valence-corrected chi connectivity index (χ2v) is 4.82. The molecule has 2 rings (SSSR count). The van der Waals surface area contributed by atoms with Crippen LogP contribution < -0.4 is 18.9 Å². The zero-order valence-corrected chi connectivity index (χ0v) is 13.6. The highest BCUT2D eigenvalue weighted by molar-refractivity contribution is 5.48. The third-order valence-corrected chi connectivity index (χ3v) is 3.23. The van der Waals surface area contributed by atoms with Gasteiger partial charge in [0.2, 0.25) is 0 Å². The van der Waals surface area contributed by atoms with Crippen molar-refractivity contribution in [1.82, 2.24) is 0 Å². The molecule has 24 heavy (non-hydrogen) atoms. The summed E-state index contributed by atoms with van der Waals surface area (Å²) in [5.74, 6) is 2.33. The van der Waals surface area contributed by atoms with Crippen LogP contribution in [-0.4, -0.2) is 32.4 Å². The van der Waals surface area contributed by atoms with Gasteiger partial charge in [-0.3, -0.25) is 10.1 Å². The molecule has 0 fully saturated rings. The predicted molar refractivity (Wildman–Crippen MR) is 88.2 cm³/mol. The summed E-state index contributed by atoms with van der Waals surface area (Å²) in [7, 11) is 3.05. The number of nitro groups is 1. The number of hydrogen-bond acceptors (Lipinski definition) is 6. The monoisotopic (exact) mass is 333 g/mol. The lowest BCUT2D eigenvalue weighted by atomic mass is 10.3. The second-order valence-electron chi connectivity index (χ2n) is 4.82. The SMILES string of the molecule is COc1ccc(OCCCOc2ccc([N+](=O)[O-])cc2OC)cc1. The number of benzene rings is 2. The van der Waals surface area contributed by atoms with Crippen LogP contribution in [0.15, 0.2) is 42.5 Å². The molecule has 0 unspecified atom stereocenters. The van der Waals surface area contributed by atoms with Gasteiger partial charge >= 0.3 is 0 Å². The summed E-state index contributed by atoms with van der Waals surface area (Å²) in [5, 5.41) is 10.7. The summed E-state index contributed by atoms with van der Waals surface area (Å²) in [6.07, 6.45) is 0.659. The number of methoxy groups -OCH3 is 2. The van der Waals surface area contributed by atoms with Crippen LogP contribution in [0.1, 0.15) is 6.42 Å². The van der Waals surface area contributed by atoms with Gasteiger partial charge in [-0.1, -0.05) is 0 Å². The van der Waals surface area contributed by atoms with Gasteiger partial charge in [-0.2, -0.15) is 0 Å². The highest BCUT2D eigenvalue weighted by Crippen LogP contribution is 2.31. The summed E-state index contributed by atoms with van der Waals surface area (Å²) in [6, 6.07) is 11.6. The first-order chi connectivity index (χ1) is 11.6. The maximum Gasteiger partial charge on any atom is 0.273 e. The molecule has 0 spiro atoms. The summed E-state index contributed by atoms with van der Waals surface area (Å²) >= 11 is 0. The smallest absolute Gasteiger partial charge is 0.273 e. The molecule has 0 N–H and O–H groups in total. The van der Waals surface area contributed by atoms with Crippen molar-refractivity contribution in [2.24, 2.45) is 0 Å². The van der Waals surface area contributed by atoms with E-state index in [0.717, 1.165) is 11.5 Å². The minimum Gasteiger partial charge on any atom is -0.497 e. The van der Waals surface area contributed by atoms with Gasteiger partial charge in [0.05, 0.1) is 38.4 Å². The van der Waals surface area contributed by atoms with E-state index in [1.54, 1.807) is 7.11 Å². The van der Waals surface area contributed by atoms with Crippen LogP contribution in [0.4, 0.5) is 5.69 Å². The molecular formula is C17H19NO6. The average molecular weight is 333 g/mol. The van der Waals surface area contributed by atoms with E-state index >= 15 is 0 Å². The van der Waals surface area contributed by atoms with E-state index < -0.39 is 4.92 Å². The van der Waals surface area contributed by atoms with Crippen molar-refractivity contribution >= 4 is 5.69 Å². The minimum atomic E-state index is -0.477. The summed E-state index contributed by atoms with van der Waals surface area (Å²) in [5.41, 5.74) is -0.0398. The highest BCUT2D eigenvalue weighted by atomic mass is 16.6. The number of rotatable bonds is 9. The van der Waals surface area contributed by atoms with Crippen molar-refractivity contribution in [3.8, 4) is 23.0 Å². The molecule has 0 amide bonds. The fraction of sp³-hybridized carbons (Fsp3) is 0.294. The van der Waals surface area contributed by atoms with Gasteiger partial charge in [-0.05, 0) is 30.3 Å². The Labute approximate surface area is 139 Å². The maximum absolute atomic E-state index is 10.7. The molecule has 0 radical (unpaired) electrons. The van der Waals surface area contributed by atoms with Crippen molar-refractivity contribution in [2.45, 2.75) is 6.42 Å². The second kappa shape index (κ2) is 8.61. The van der Waals surface area contributed by atoms with E-state index in [1.165, 1.54) is 25.3 Å². The van der Waals surface area contributed by atoms with Gasteiger partial charge in [-0.25, -0.2) is 0 Å². The van der Waals surface area contributed by atoms with E-state index in [-0.39, 0.29) is 5.69 Å².